The Labute approximate surface area is 100 Å². The van der Waals surface area contributed by atoms with Crippen molar-refractivity contribution in [2.75, 3.05) is 0 Å². The van der Waals surface area contributed by atoms with E-state index in [9.17, 15) is 0 Å². The normalized spacial score (nSPS) is 18.1. The zero-order chi connectivity index (χ0) is 11.0. The van der Waals surface area contributed by atoms with Gasteiger partial charge >= 0.3 is 0 Å². The van der Waals surface area contributed by atoms with Crippen LogP contribution in [-0.2, 0) is 0 Å². The first-order valence-electron chi connectivity index (χ1n) is 5.97. The van der Waals surface area contributed by atoms with Gasteiger partial charge in [-0.15, -0.1) is 0 Å². The molecule has 2 nitrogen and oxygen atoms in total. The van der Waals surface area contributed by atoms with E-state index in [4.69, 9.17) is 11.6 Å². The van der Waals surface area contributed by atoms with Crippen LogP contribution in [0.4, 0.5) is 0 Å². The molecule has 2 heterocycles. The first-order chi connectivity index (χ1) is 7.83. The molecular formula is C13H15ClN2. The number of hydrogen-bond donors (Lipinski definition) is 0. The molecule has 0 atom stereocenters. The second-order valence-corrected chi connectivity index (χ2v) is 5.05. The number of rotatable bonds is 1. The lowest BCUT2D eigenvalue weighted by Gasteiger charge is -2.19. The van der Waals surface area contributed by atoms with Gasteiger partial charge in [0.1, 0.15) is 5.65 Å². The number of aromatic nitrogens is 2. The lowest BCUT2D eigenvalue weighted by atomic mass is 9.87. The van der Waals surface area contributed by atoms with Crippen LogP contribution >= 0.6 is 11.6 Å². The van der Waals surface area contributed by atoms with E-state index in [1.807, 2.05) is 18.3 Å². The van der Waals surface area contributed by atoms with Gasteiger partial charge in [0.05, 0.1) is 5.69 Å². The summed E-state index contributed by atoms with van der Waals surface area (Å²) in [6.45, 7) is 0. The zero-order valence-corrected chi connectivity index (χ0v) is 9.95. The minimum atomic E-state index is 0.660. The molecule has 3 rings (SSSR count). The zero-order valence-electron chi connectivity index (χ0n) is 9.19. The van der Waals surface area contributed by atoms with Crippen LogP contribution in [0.5, 0.6) is 0 Å². The highest BCUT2D eigenvalue weighted by molar-refractivity contribution is 6.30. The summed E-state index contributed by atoms with van der Waals surface area (Å²) < 4.78 is 2.07. The van der Waals surface area contributed by atoms with Gasteiger partial charge in [-0.1, -0.05) is 30.9 Å². The average Bonchev–Trinajstić information content (AvgIpc) is 2.73. The highest BCUT2D eigenvalue weighted by atomic mass is 35.5. The molecular weight excluding hydrogens is 220 g/mol. The van der Waals surface area contributed by atoms with Gasteiger partial charge in [-0.3, -0.25) is 0 Å². The van der Waals surface area contributed by atoms with Crippen molar-refractivity contribution in [3.8, 4) is 0 Å². The van der Waals surface area contributed by atoms with Crippen molar-refractivity contribution in [3.05, 3.63) is 35.2 Å². The molecule has 1 fully saturated rings. The SMILES string of the molecule is Clc1ccn2cc(C3CCCCC3)nc2c1. The quantitative estimate of drug-likeness (QED) is 0.728. The van der Waals surface area contributed by atoms with E-state index < -0.39 is 0 Å². The third kappa shape index (κ3) is 1.82. The van der Waals surface area contributed by atoms with Crippen LogP contribution in [-0.4, -0.2) is 9.38 Å². The fourth-order valence-electron chi connectivity index (χ4n) is 2.57. The minimum Gasteiger partial charge on any atom is -0.307 e. The minimum absolute atomic E-state index is 0.660. The van der Waals surface area contributed by atoms with E-state index in [-0.39, 0.29) is 0 Å². The molecule has 84 valence electrons. The number of pyridine rings is 1. The van der Waals surface area contributed by atoms with Gasteiger partial charge in [0.15, 0.2) is 0 Å². The van der Waals surface area contributed by atoms with E-state index in [0.29, 0.717) is 5.92 Å². The molecule has 2 aromatic rings. The van der Waals surface area contributed by atoms with Gasteiger partial charge in [0.25, 0.3) is 0 Å². The van der Waals surface area contributed by atoms with Gasteiger partial charge in [0.2, 0.25) is 0 Å². The number of halogens is 1. The van der Waals surface area contributed by atoms with Gasteiger partial charge in [-0.2, -0.15) is 0 Å². The standard InChI is InChI=1S/C13H15ClN2/c14-11-6-7-16-9-12(15-13(16)8-11)10-4-2-1-3-5-10/h6-10H,1-5H2. The van der Waals surface area contributed by atoms with Crippen LogP contribution < -0.4 is 0 Å². The number of nitrogens with zero attached hydrogens (tertiary/aromatic N) is 2. The second kappa shape index (κ2) is 4.10. The molecule has 0 bridgehead atoms. The topological polar surface area (TPSA) is 17.3 Å². The van der Waals surface area contributed by atoms with E-state index in [1.165, 1.54) is 37.8 Å². The summed E-state index contributed by atoms with van der Waals surface area (Å²) in [5.41, 5.74) is 2.20. The van der Waals surface area contributed by atoms with Crippen molar-refractivity contribution in [2.24, 2.45) is 0 Å². The molecule has 1 aliphatic carbocycles. The van der Waals surface area contributed by atoms with Crippen LogP contribution in [0.1, 0.15) is 43.7 Å². The molecule has 0 unspecified atom stereocenters. The Balaban J connectivity index is 1.97. The summed E-state index contributed by atoms with van der Waals surface area (Å²) in [6, 6.07) is 3.83. The summed E-state index contributed by atoms with van der Waals surface area (Å²) in [5.74, 6) is 0.660. The van der Waals surface area contributed by atoms with Crippen molar-refractivity contribution >= 4 is 17.2 Å². The molecule has 2 aromatic heterocycles. The molecule has 1 aliphatic rings. The molecule has 0 radical (unpaired) electrons. The molecule has 0 aliphatic heterocycles. The molecule has 0 spiro atoms. The van der Waals surface area contributed by atoms with Crippen molar-refractivity contribution in [3.63, 3.8) is 0 Å². The van der Waals surface area contributed by atoms with Gasteiger partial charge in [0, 0.05) is 23.3 Å². The smallest absolute Gasteiger partial charge is 0.138 e. The predicted molar refractivity (Wildman–Crippen MR) is 66.0 cm³/mol. The van der Waals surface area contributed by atoms with Crippen molar-refractivity contribution in [1.29, 1.82) is 0 Å². The Kier molecular flexibility index (Phi) is 2.60. The first-order valence-corrected chi connectivity index (χ1v) is 6.35. The predicted octanol–water partition coefficient (Wildman–Crippen LogP) is 4.04. The number of imidazole rings is 1. The highest BCUT2D eigenvalue weighted by Crippen LogP contribution is 2.32. The molecule has 0 saturated heterocycles. The maximum Gasteiger partial charge on any atom is 0.138 e. The van der Waals surface area contributed by atoms with E-state index in [0.717, 1.165) is 10.7 Å². The Morgan fingerprint density at radius 1 is 1.25 bits per heavy atom. The fourth-order valence-corrected chi connectivity index (χ4v) is 2.73. The van der Waals surface area contributed by atoms with E-state index in [1.54, 1.807) is 0 Å². The van der Waals surface area contributed by atoms with Crippen molar-refractivity contribution in [1.82, 2.24) is 9.38 Å². The molecule has 0 N–H and O–H groups in total. The molecule has 16 heavy (non-hydrogen) atoms. The summed E-state index contributed by atoms with van der Waals surface area (Å²) in [5, 5.41) is 0.758. The molecule has 1 saturated carbocycles. The summed E-state index contributed by atoms with van der Waals surface area (Å²) in [6.07, 6.45) is 10.8. The lowest BCUT2D eigenvalue weighted by Crippen LogP contribution is -2.04. The van der Waals surface area contributed by atoms with Crippen LogP contribution in [0.15, 0.2) is 24.5 Å². The molecule has 0 amide bonds. The van der Waals surface area contributed by atoms with E-state index in [2.05, 4.69) is 15.6 Å². The van der Waals surface area contributed by atoms with Gasteiger partial charge < -0.3 is 4.40 Å². The molecule has 0 aromatic carbocycles. The third-order valence-corrected chi connectivity index (χ3v) is 3.70. The summed E-state index contributed by atoms with van der Waals surface area (Å²) in [7, 11) is 0. The maximum atomic E-state index is 5.96. The second-order valence-electron chi connectivity index (χ2n) is 4.61. The highest BCUT2D eigenvalue weighted by Gasteiger charge is 2.18. The largest absolute Gasteiger partial charge is 0.307 e. The van der Waals surface area contributed by atoms with Crippen LogP contribution in [0, 0.1) is 0 Å². The Hall–Kier alpha value is -1.02. The third-order valence-electron chi connectivity index (χ3n) is 3.46. The number of fused-ring (bicyclic) bond motifs is 1. The van der Waals surface area contributed by atoms with Crippen LogP contribution in [0.25, 0.3) is 5.65 Å². The average molecular weight is 235 g/mol. The number of hydrogen-bond acceptors (Lipinski definition) is 1. The van der Waals surface area contributed by atoms with Gasteiger partial charge in [-0.05, 0) is 25.0 Å². The fraction of sp³-hybridized carbons (Fsp3) is 0.462. The van der Waals surface area contributed by atoms with Crippen molar-refractivity contribution < 1.29 is 0 Å². The summed E-state index contributed by atoms with van der Waals surface area (Å²) >= 11 is 5.96. The first kappa shape index (κ1) is 10.2. The summed E-state index contributed by atoms with van der Waals surface area (Å²) in [4.78, 5) is 4.68. The maximum absolute atomic E-state index is 5.96. The Bertz CT molecular complexity index is 498. The lowest BCUT2D eigenvalue weighted by molar-refractivity contribution is 0.438. The monoisotopic (exact) mass is 234 g/mol. The van der Waals surface area contributed by atoms with Gasteiger partial charge in [-0.25, -0.2) is 4.98 Å². The van der Waals surface area contributed by atoms with E-state index >= 15 is 0 Å². The van der Waals surface area contributed by atoms with Crippen LogP contribution in [0.2, 0.25) is 5.02 Å². The Morgan fingerprint density at radius 3 is 2.88 bits per heavy atom. The van der Waals surface area contributed by atoms with Crippen LogP contribution in [0.3, 0.4) is 0 Å². The Morgan fingerprint density at radius 2 is 2.06 bits per heavy atom. The molecule has 3 heteroatoms. The van der Waals surface area contributed by atoms with Crippen molar-refractivity contribution in [2.45, 2.75) is 38.0 Å².